The monoisotopic (exact) mass is 298 g/mol. The molecule has 22 heavy (non-hydrogen) atoms. The first-order chi connectivity index (χ1) is 10.8. The number of nitrogens with one attached hydrogen (secondary N) is 1. The number of hydrogen-bond acceptors (Lipinski definition) is 2. The topological polar surface area (TPSA) is 15.3 Å². The van der Waals surface area contributed by atoms with E-state index in [1.807, 2.05) is 12.1 Å². The van der Waals surface area contributed by atoms with Crippen molar-refractivity contribution in [2.24, 2.45) is 0 Å². The van der Waals surface area contributed by atoms with Crippen LogP contribution in [0.3, 0.4) is 0 Å². The van der Waals surface area contributed by atoms with Crippen LogP contribution >= 0.6 is 0 Å². The van der Waals surface area contributed by atoms with Crippen LogP contribution in [0.2, 0.25) is 0 Å². The van der Waals surface area contributed by atoms with Crippen LogP contribution in [-0.4, -0.2) is 30.6 Å². The summed E-state index contributed by atoms with van der Waals surface area (Å²) >= 11 is 0. The van der Waals surface area contributed by atoms with E-state index in [1.165, 1.54) is 11.1 Å². The Hall–Kier alpha value is -1.71. The Morgan fingerprint density at radius 1 is 1.05 bits per heavy atom. The number of halogens is 1. The molecule has 2 nitrogen and oxygen atoms in total. The van der Waals surface area contributed by atoms with Crippen molar-refractivity contribution in [3.63, 3.8) is 0 Å². The minimum atomic E-state index is -0.164. The van der Waals surface area contributed by atoms with Crippen LogP contribution in [0.25, 0.3) is 0 Å². The Labute approximate surface area is 132 Å². The summed E-state index contributed by atoms with van der Waals surface area (Å²) in [7, 11) is 0. The van der Waals surface area contributed by atoms with Crippen LogP contribution in [0.5, 0.6) is 0 Å². The van der Waals surface area contributed by atoms with Gasteiger partial charge in [-0.05, 0) is 29.8 Å². The molecule has 2 aromatic rings. The molecule has 116 valence electrons. The molecule has 1 aliphatic heterocycles. The van der Waals surface area contributed by atoms with Gasteiger partial charge < -0.3 is 5.32 Å². The smallest absolute Gasteiger partial charge is 0.123 e. The highest BCUT2D eigenvalue weighted by Crippen LogP contribution is 2.29. The largest absolute Gasteiger partial charge is 0.312 e. The lowest BCUT2D eigenvalue weighted by molar-refractivity contribution is 0.319. The lowest BCUT2D eigenvalue weighted by Gasteiger charge is -2.19. The molecule has 1 aliphatic rings. The van der Waals surface area contributed by atoms with Crippen molar-refractivity contribution in [1.29, 1.82) is 0 Å². The molecule has 0 unspecified atom stereocenters. The predicted octanol–water partition coefficient (Wildman–Crippen LogP) is 3.40. The number of rotatable bonds is 5. The van der Waals surface area contributed by atoms with Crippen molar-refractivity contribution in [3.8, 4) is 0 Å². The van der Waals surface area contributed by atoms with E-state index in [9.17, 15) is 4.39 Å². The van der Waals surface area contributed by atoms with E-state index >= 15 is 0 Å². The minimum absolute atomic E-state index is 0.164. The summed E-state index contributed by atoms with van der Waals surface area (Å²) in [5.74, 6) is 0.257. The summed E-state index contributed by atoms with van der Waals surface area (Å²) in [6, 6.07) is 18.0. The molecule has 2 aromatic carbocycles. The molecule has 1 saturated heterocycles. The molecule has 0 spiro atoms. The molecule has 3 heteroatoms. The zero-order chi connectivity index (χ0) is 15.4. The van der Waals surface area contributed by atoms with Crippen LogP contribution in [0.15, 0.2) is 54.6 Å². The van der Waals surface area contributed by atoms with E-state index in [-0.39, 0.29) is 5.82 Å². The van der Waals surface area contributed by atoms with E-state index in [0.717, 1.165) is 26.2 Å². The molecule has 0 saturated carbocycles. The Morgan fingerprint density at radius 2 is 1.77 bits per heavy atom. The first kappa shape index (κ1) is 15.2. The Bertz CT molecular complexity index is 582. The second kappa shape index (κ2) is 7.03. The Kier molecular flexibility index (Phi) is 4.86. The SMILES string of the molecule is CCN[C@@H]1CN(Cc2ccccc2)C[C@H]1c1ccc(F)cc1. The third kappa shape index (κ3) is 3.54. The molecule has 1 N–H and O–H groups in total. The summed E-state index contributed by atoms with van der Waals surface area (Å²) in [4.78, 5) is 2.48. The van der Waals surface area contributed by atoms with Gasteiger partial charge in [0.05, 0.1) is 0 Å². The molecule has 3 rings (SSSR count). The molecule has 0 radical (unpaired) electrons. The number of benzene rings is 2. The summed E-state index contributed by atoms with van der Waals surface area (Å²) in [6.07, 6.45) is 0. The van der Waals surface area contributed by atoms with Crippen molar-refractivity contribution < 1.29 is 4.39 Å². The molecule has 0 aliphatic carbocycles. The highest BCUT2D eigenvalue weighted by atomic mass is 19.1. The molecule has 1 fully saturated rings. The fraction of sp³-hybridized carbons (Fsp3) is 0.368. The lowest BCUT2D eigenvalue weighted by Crippen LogP contribution is -2.35. The fourth-order valence-corrected chi connectivity index (χ4v) is 3.37. The van der Waals surface area contributed by atoms with Crippen molar-refractivity contribution in [1.82, 2.24) is 10.2 Å². The zero-order valence-electron chi connectivity index (χ0n) is 13.0. The first-order valence-electron chi connectivity index (χ1n) is 8.01. The van der Waals surface area contributed by atoms with Gasteiger partial charge in [0.2, 0.25) is 0 Å². The van der Waals surface area contributed by atoms with Gasteiger partial charge in [0.1, 0.15) is 5.82 Å². The molecular weight excluding hydrogens is 275 g/mol. The minimum Gasteiger partial charge on any atom is -0.312 e. The third-order valence-electron chi connectivity index (χ3n) is 4.41. The quantitative estimate of drug-likeness (QED) is 0.910. The zero-order valence-corrected chi connectivity index (χ0v) is 13.0. The van der Waals surface area contributed by atoms with Crippen molar-refractivity contribution >= 4 is 0 Å². The predicted molar refractivity (Wildman–Crippen MR) is 88.3 cm³/mol. The number of likely N-dealkylation sites (tertiary alicyclic amines) is 1. The van der Waals surface area contributed by atoms with Crippen LogP contribution in [0, 0.1) is 5.82 Å². The first-order valence-corrected chi connectivity index (χ1v) is 8.01. The molecule has 1 heterocycles. The highest BCUT2D eigenvalue weighted by Gasteiger charge is 2.33. The number of nitrogens with zero attached hydrogens (tertiary/aromatic N) is 1. The molecule has 2 atom stereocenters. The molecule has 0 aromatic heterocycles. The summed E-state index contributed by atoms with van der Waals surface area (Å²) in [5.41, 5.74) is 2.57. The van der Waals surface area contributed by atoms with E-state index in [1.54, 1.807) is 12.1 Å². The third-order valence-corrected chi connectivity index (χ3v) is 4.41. The summed E-state index contributed by atoms with van der Waals surface area (Å²) in [5, 5.41) is 3.59. The fourth-order valence-electron chi connectivity index (χ4n) is 3.37. The van der Waals surface area contributed by atoms with Crippen molar-refractivity contribution in [2.75, 3.05) is 19.6 Å². The maximum atomic E-state index is 13.2. The van der Waals surface area contributed by atoms with Gasteiger partial charge in [0, 0.05) is 31.6 Å². The molecule has 0 bridgehead atoms. The summed E-state index contributed by atoms with van der Waals surface area (Å²) < 4.78 is 13.2. The Morgan fingerprint density at radius 3 is 2.45 bits per heavy atom. The van der Waals surface area contributed by atoms with Crippen LogP contribution in [0.1, 0.15) is 24.0 Å². The molecular formula is C19H23FN2. The number of hydrogen-bond donors (Lipinski definition) is 1. The van der Waals surface area contributed by atoms with Crippen LogP contribution in [-0.2, 0) is 6.54 Å². The maximum Gasteiger partial charge on any atom is 0.123 e. The van der Waals surface area contributed by atoms with E-state index < -0.39 is 0 Å². The molecule has 0 amide bonds. The second-order valence-electron chi connectivity index (χ2n) is 6.00. The van der Waals surface area contributed by atoms with Crippen molar-refractivity contribution in [3.05, 3.63) is 71.5 Å². The lowest BCUT2D eigenvalue weighted by atomic mass is 9.94. The average Bonchev–Trinajstić information content (AvgIpc) is 2.92. The van der Waals surface area contributed by atoms with Crippen molar-refractivity contribution in [2.45, 2.75) is 25.4 Å². The summed E-state index contributed by atoms with van der Waals surface area (Å²) in [6.45, 7) is 6.12. The Balaban J connectivity index is 1.73. The maximum absolute atomic E-state index is 13.2. The van der Waals surface area contributed by atoms with Crippen LogP contribution in [0.4, 0.5) is 4.39 Å². The van der Waals surface area contributed by atoms with E-state index in [2.05, 4.69) is 47.5 Å². The van der Waals surface area contributed by atoms with E-state index in [0.29, 0.717) is 12.0 Å². The van der Waals surface area contributed by atoms with Crippen LogP contribution < -0.4 is 5.32 Å². The normalized spacial score (nSPS) is 22.1. The van der Waals surface area contributed by atoms with Gasteiger partial charge in [-0.15, -0.1) is 0 Å². The second-order valence-corrected chi connectivity index (χ2v) is 6.00. The van der Waals surface area contributed by atoms with Gasteiger partial charge in [0.15, 0.2) is 0 Å². The standard InChI is InChI=1S/C19H23FN2/c1-2-21-19-14-22(12-15-6-4-3-5-7-15)13-18(19)16-8-10-17(20)11-9-16/h3-11,18-19,21H,2,12-14H2,1H3/t18-,19+/m0/s1. The van der Waals surface area contributed by atoms with Gasteiger partial charge in [-0.3, -0.25) is 4.90 Å². The van der Waals surface area contributed by atoms with E-state index in [4.69, 9.17) is 0 Å². The van der Waals surface area contributed by atoms with Gasteiger partial charge in [-0.1, -0.05) is 49.4 Å². The van der Waals surface area contributed by atoms with Gasteiger partial charge in [0.25, 0.3) is 0 Å². The highest BCUT2D eigenvalue weighted by molar-refractivity contribution is 5.25. The van der Waals surface area contributed by atoms with Gasteiger partial charge in [-0.2, -0.15) is 0 Å². The van der Waals surface area contributed by atoms with Gasteiger partial charge in [-0.25, -0.2) is 4.39 Å². The van der Waals surface area contributed by atoms with Gasteiger partial charge >= 0.3 is 0 Å². The average molecular weight is 298 g/mol. The number of likely N-dealkylation sites (N-methyl/N-ethyl adjacent to an activating group) is 1.